The van der Waals surface area contributed by atoms with E-state index in [0.717, 1.165) is 0 Å². The summed E-state index contributed by atoms with van der Waals surface area (Å²) in [4.78, 5) is 25.3. The molecule has 1 aliphatic heterocycles. The van der Waals surface area contributed by atoms with Crippen LogP contribution in [0, 0.1) is 5.82 Å². The Balaban J connectivity index is 1.76. The van der Waals surface area contributed by atoms with E-state index >= 15 is 0 Å². The van der Waals surface area contributed by atoms with Crippen molar-refractivity contribution in [2.75, 3.05) is 13.1 Å². The van der Waals surface area contributed by atoms with Crippen molar-refractivity contribution >= 4 is 27.9 Å². The Hall–Kier alpha value is -1.63. The van der Waals surface area contributed by atoms with Crippen LogP contribution in [0.3, 0.4) is 0 Å². The molecule has 1 aromatic carbocycles. The number of benzene rings is 1. The summed E-state index contributed by atoms with van der Waals surface area (Å²) in [7, 11) is 0. The van der Waals surface area contributed by atoms with Crippen molar-refractivity contribution in [1.82, 2.24) is 10.2 Å². The van der Waals surface area contributed by atoms with Crippen LogP contribution < -0.4 is 5.32 Å². The summed E-state index contributed by atoms with van der Waals surface area (Å²) >= 11 is 3.07. The van der Waals surface area contributed by atoms with Gasteiger partial charge in [-0.2, -0.15) is 0 Å². The van der Waals surface area contributed by atoms with Crippen molar-refractivity contribution in [2.45, 2.75) is 38.8 Å². The van der Waals surface area contributed by atoms with E-state index < -0.39 is 11.4 Å². The van der Waals surface area contributed by atoms with E-state index in [4.69, 9.17) is 4.74 Å². The van der Waals surface area contributed by atoms with E-state index in [1.165, 1.54) is 11.0 Å². The van der Waals surface area contributed by atoms with Crippen LogP contribution in [0.5, 0.6) is 0 Å². The number of ether oxygens (including phenoxy) is 1. The number of likely N-dealkylation sites (tertiary alicyclic amines) is 1. The maximum Gasteiger partial charge on any atom is 0.410 e. The van der Waals surface area contributed by atoms with Crippen LogP contribution in [0.2, 0.25) is 0 Å². The summed E-state index contributed by atoms with van der Waals surface area (Å²) < 4.78 is 19.0. The maximum atomic E-state index is 13.4. The first-order chi connectivity index (χ1) is 10.6. The molecule has 2 amide bonds. The lowest BCUT2D eigenvalue weighted by atomic mass is 10.1. The van der Waals surface area contributed by atoms with Gasteiger partial charge in [-0.3, -0.25) is 4.79 Å². The first-order valence-corrected chi connectivity index (χ1v) is 8.14. The molecule has 0 unspecified atom stereocenters. The molecule has 2 rings (SSSR count). The van der Waals surface area contributed by atoms with E-state index in [0.29, 0.717) is 23.1 Å². The molecule has 0 atom stereocenters. The van der Waals surface area contributed by atoms with Crippen molar-refractivity contribution in [3.8, 4) is 0 Å². The van der Waals surface area contributed by atoms with Gasteiger partial charge in [-0.05, 0) is 54.4 Å². The summed E-state index contributed by atoms with van der Waals surface area (Å²) in [5.41, 5.74) is 0.0726. The lowest BCUT2D eigenvalue weighted by molar-refractivity contribution is -0.122. The molecular formula is C16H20BrFN2O3. The maximum absolute atomic E-state index is 13.4. The van der Waals surface area contributed by atoms with Gasteiger partial charge in [0, 0.05) is 13.1 Å². The zero-order chi connectivity index (χ0) is 17.2. The number of amides is 2. The van der Waals surface area contributed by atoms with Gasteiger partial charge in [0.05, 0.1) is 16.9 Å². The quantitative estimate of drug-likeness (QED) is 0.868. The molecule has 126 valence electrons. The van der Waals surface area contributed by atoms with Crippen LogP contribution >= 0.6 is 15.9 Å². The van der Waals surface area contributed by atoms with Crippen LogP contribution in [-0.4, -0.2) is 41.6 Å². The second-order valence-corrected chi connectivity index (χ2v) is 7.43. The number of hydrogen-bond acceptors (Lipinski definition) is 3. The number of halogens is 2. The summed E-state index contributed by atoms with van der Waals surface area (Å²) in [6.07, 6.45) is -0.273. The SMILES string of the molecule is CC(C)(C)OC(=O)N1CC(NC(=O)Cc2ccc(Br)c(F)c2)C1. The Kier molecular flexibility index (Phi) is 5.29. The van der Waals surface area contributed by atoms with Gasteiger partial charge in [0.2, 0.25) is 5.91 Å². The first-order valence-electron chi connectivity index (χ1n) is 7.35. The summed E-state index contributed by atoms with van der Waals surface area (Å²) in [6.45, 7) is 6.27. The van der Waals surface area contributed by atoms with Crippen molar-refractivity contribution in [1.29, 1.82) is 0 Å². The molecule has 1 saturated heterocycles. The van der Waals surface area contributed by atoms with E-state index in [-0.39, 0.29) is 24.5 Å². The second-order valence-electron chi connectivity index (χ2n) is 6.58. The van der Waals surface area contributed by atoms with E-state index in [2.05, 4.69) is 21.2 Å². The predicted molar refractivity (Wildman–Crippen MR) is 87.5 cm³/mol. The van der Waals surface area contributed by atoms with Crippen LogP contribution in [0.15, 0.2) is 22.7 Å². The fraction of sp³-hybridized carbons (Fsp3) is 0.500. The molecule has 1 aromatic rings. The molecule has 0 radical (unpaired) electrons. The fourth-order valence-corrected chi connectivity index (χ4v) is 2.41. The molecule has 1 N–H and O–H groups in total. The van der Waals surface area contributed by atoms with Gasteiger partial charge < -0.3 is 15.0 Å². The minimum absolute atomic E-state index is 0.0877. The summed E-state index contributed by atoms with van der Waals surface area (Å²) in [6, 6.07) is 4.51. The molecular weight excluding hydrogens is 367 g/mol. The van der Waals surface area contributed by atoms with Crippen LogP contribution in [0.4, 0.5) is 9.18 Å². The summed E-state index contributed by atoms with van der Waals surface area (Å²) in [5.74, 6) is -0.587. The highest BCUT2D eigenvalue weighted by Gasteiger charge is 2.34. The second kappa shape index (κ2) is 6.86. The van der Waals surface area contributed by atoms with Crippen LogP contribution in [-0.2, 0) is 16.0 Å². The number of nitrogens with zero attached hydrogens (tertiary/aromatic N) is 1. The Morgan fingerprint density at radius 3 is 2.61 bits per heavy atom. The standard InChI is InChI=1S/C16H20BrFN2O3/c1-16(2,3)23-15(22)20-8-11(9-20)19-14(21)7-10-4-5-12(17)13(18)6-10/h4-6,11H,7-9H2,1-3H3,(H,19,21). The molecule has 0 saturated carbocycles. The van der Waals surface area contributed by atoms with E-state index in [9.17, 15) is 14.0 Å². The molecule has 23 heavy (non-hydrogen) atoms. The number of carbonyl (C=O) groups excluding carboxylic acids is 2. The lowest BCUT2D eigenvalue weighted by Gasteiger charge is -2.40. The number of carbonyl (C=O) groups is 2. The summed E-state index contributed by atoms with van der Waals surface area (Å²) in [5, 5.41) is 2.82. The molecule has 5 nitrogen and oxygen atoms in total. The van der Waals surface area contributed by atoms with Crippen molar-refractivity contribution in [3.05, 3.63) is 34.1 Å². The minimum atomic E-state index is -0.531. The Bertz CT molecular complexity index is 610. The fourth-order valence-electron chi connectivity index (χ4n) is 2.16. The highest BCUT2D eigenvalue weighted by Crippen LogP contribution is 2.17. The molecule has 7 heteroatoms. The third-order valence-corrected chi connectivity index (χ3v) is 3.89. The molecule has 0 bridgehead atoms. The van der Waals surface area contributed by atoms with Gasteiger partial charge in [0.15, 0.2) is 0 Å². The average Bonchev–Trinajstić information content (AvgIpc) is 2.35. The Morgan fingerprint density at radius 1 is 1.39 bits per heavy atom. The molecule has 1 heterocycles. The van der Waals surface area contributed by atoms with Gasteiger partial charge >= 0.3 is 6.09 Å². The Morgan fingerprint density at radius 2 is 2.04 bits per heavy atom. The van der Waals surface area contributed by atoms with Crippen LogP contribution in [0.25, 0.3) is 0 Å². The highest BCUT2D eigenvalue weighted by atomic mass is 79.9. The number of rotatable bonds is 3. The highest BCUT2D eigenvalue weighted by molar-refractivity contribution is 9.10. The normalized spacial score (nSPS) is 15.1. The topological polar surface area (TPSA) is 58.6 Å². The average molecular weight is 387 g/mol. The lowest BCUT2D eigenvalue weighted by Crippen LogP contribution is -2.61. The van der Waals surface area contributed by atoms with E-state index in [1.807, 2.05) is 0 Å². The van der Waals surface area contributed by atoms with Crippen molar-refractivity contribution < 1.29 is 18.7 Å². The third-order valence-electron chi connectivity index (χ3n) is 3.25. The number of hydrogen-bond donors (Lipinski definition) is 1. The number of nitrogens with one attached hydrogen (secondary N) is 1. The molecule has 0 aliphatic carbocycles. The molecule has 1 fully saturated rings. The molecule has 0 spiro atoms. The largest absolute Gasteiger partial charge is 0.444 e. The van der Waals surface area contributed by atoms with Gasteiger partial charge in [-0.1, -0.05) is 6.07 Å². The molecule has 1 aliphatic rings. The van der Waals surface area contributed by atoms with Crippen LogP contribution in [0.1, 0.15) is 26.3 Å². The Labute approximate surface area is 143 Å². The van der Waals surface area contributed by atoms with Crippen molar-refractivity contribution in [2.24, 2.45) is 0 Å². The smallest absolute Gasteiger partial charge is 0.410 e. The predicted octanol–water partition coefficient (Wildman–Crippen LogP) is 2.87. The van der Waals surface area contributed by atoms with Gasteiger partial charge in [-0.25, -0.2) is 9.18 Å². The van der Waals surface area contributed by atoms with Gasteiger partial charge in [-0.15, -0.1) is 0 Å². The van der Waals surface area contributed by atoms with Gasteiger partial charge in [0.1, 0.15) is 11.4 Å². The van der Waals surface area contributed by atoms with E-state index in [1.54, 1.807) is 32.9 Å². The zero-order valence-electron chi connectivity index (χ0n) is 13.4. The minimum Gasteiger partial charge on any atom is -0.444 e. The monoisotopic (exact) mass is 386 g/mol. The first kappa shape index (κ1) is 17.7. The molecule has 0 aromatic heterocycles. The third kappa shape index (κ3) is 5.20. The van der Waals surface area contributed by atoms with Crippen molar-refractivity contribution in [3.63, 3.8) is 0 Å². The van der Waals surface area contributed by atoms with Gasteiger partial charge in [0.25, 0.3) is 0 Å². The zero-order valence-corrected chi connectivity index (χ0v) is 14.9.